The van der Waals surface area contributed by atoms with Gasteiger partial charge in [-0.25, -0.2) is 13.6 Å². The van der Waals surface area contributed by atoms with Crippen molar-refractivity contribution in [2.75, 3.05) is 39.3 Å². The number of hydrogen-bond donors (Lipinski definition) is 0. The average molecular weight is 644 g/mol. The predicted octanol–water partition coefficient (Wildman–Crippen LogP) is 7.60. The summed E-state index contributed by atoms with van der Waals surface area (Å²) in [6, 6.07) is 3.92. The fourth-order valence-electron chi connectivity index (χ4n) is 4.19. The van der Waals surface area contributed by atoms with E-state index in [-0.39, 0.29) is 27.7 Å². The smallest absolute Gasteiger partial charge is 0.339 e. The number of allylic oxidation sites excluding steroid dienone is 3. The number of benzene rings is 1. The van der Waals surface area contributed by atoms with E-state index in [2.05, 4.69) is 19.0 Å². The van der Waals surface area contributed by atoms with Gasteiger partial charge in [0, 0.05) is 57.0 Å². The fourth-order valence-corrected chi connectivity index (χ4v) is 5.61. The molecule has 0 N–H and O–H groups in total. The quantitative estimate of drug-likeness (QED) is 0.189. The molecule has 2 saturated heterocycles. The van der Waals surface area contributed by atoms with Crippen LogP contribution in [-0.4, -0.2) is 89.4 Å². The normalized spacial score (nSPS) is 18.3. The molecule has 0 saturated carbocycles. The molecule has 2 aliphatic rings. The molecule has 0 aromatic heterocycles. The summed E-state index contributed by atoms with van der Waals surface area (Å²) in [6.45, 7) is 16.4. The van der Waals surface area contributed by atoms with Crippen LogP contribution in [0.2, 0.25) is 0 Å². The minimum absolute atomic E-state index is 0.0287. The zero-order chi connectivity index (χ0) is 33.2. The molecule has 0 radical (unpaired) electrons. The van der Waals surface area contributed by atoms with Gasteiger partial charge in [0.1, 0.15) is 5.83 Å². The van der Waals surface area contributed by atoms with Crippen LogP contribution in [0.15, 0.2) is 66.4 Å². The second-order valence-electron chi connectivity index (χ2n) is 9.33. The minimum Gasteiger partial charge on any atom is -0.339 e. The van der Waals surface area contributed by atoms with E-state index in [1.807, 2.05) is 23.6 Å². The number of piperazine rings is 1. The first-order valence-electron chi connectivity index (χ1n) is 13.3. The van der Waals surface area contributed by atoms with E-state index in [4.69, 9.17) is 0 Å². The van der Waals surface area contributed by atoms with Crippen molar-refractivity contribution in [2.24, 2.45) is 0 Å². The maximum absolute atomic E-state index is 13.3. The first kappa shape index (κ1) is 37.9. The van der Waals surface area contributed by atoms with Crippen molar-refractivity contribution < 1.29 is 44.7 Å². The summed E-state index contributed by atoms with van der Waals surface area (Å²) < 4.78 is 99.2. The minimum atomic E-state index is -6.05. The van der Waals surface area contributed by atoms with E-state index in [1.165, 1.54) is 12.1 Å². The molecule has 3 amide bonds. The van der Waals surface area contributed by atoms with E-state index < -0.39 is 29.4 Å². The molecule has 3 rings (SSSR count). The second-order valence-corrected chi connectivity index (χ2v) is 11.4. The SMILES string of the molecule is C=C(F)/C=C\C(=C)S(=C)C1CCN(C(=O)N2CCN(C(C)=O)CC2)C1.CC.FC(F)(F)C(F)(c1ccccc1)C(F)(F)F. The Morgan fingerprint density at radius 1 is 0.837 bits per heavy atom. The summed E-state index contributed by atoms with van der Waals surface area (Å²) in [6.07, 6.45) is -8.32. The van der Waals surface area contributed by atoms with Crippen molar-refractivity contribution in [3.8, 4) is 0 Å². The summed E-state index contributed by atoms with van der Waals surface area (Å²) >= 11 is 0. The molecule has 1 aromatic carbocycles. The summed E-state index contributed by atoms with van der Waals surface area (Å²) in [5.41, 5.74) is -6.81. The molecule has 2 fully saturated rings. The number of rotatable bonds is 5. The van der Waals surface area contributed by atoms with Gasteiger partial charge in [-0.15, -0.1) is 0 Å². The van der Waals surface area contributed by atoms with Gasteiger partial charge in [0.2, 0.25) is 5.91 Å². The number of amides is 3. The Morgan fingerprint density at radius 2 is 1.33 bits per heavy atom. The van der Waals surface area contributed by atoms with Gasteiger partial charge in [-0.2, -0.15) is 36.8 Å². The molecule has 1 aromatic rings. The van der Waals surface area contributed by atoms with Crippen LogP contribution in [0.5, 0.6) is 0 Å². The Bertz CT molecular complexity index is 1150. The Balaban J connectivity index is 0.000000443. The lowest BCUT2D eigenvalue weighted by molar-refractivity contribution is -0.348. The zero-order valence-corrected chi connectivity index (χ0v) is 25.1. The number of carbonyl (C=O) groups excluding carboxylic acids is 2. The van der Waals surface area contributed by atoms with E-state index in [9.17, 15) is 44.7 Å². The fraction of sp³-hybridized carbons (Fsp3) is 0.483. The van der Waals surface area contributed by atoms with Crippen LogP contribution in [0.25, 0.3) is 0 Å². The van der Waals surface area contributed by atoms with Gasteiger partial charge >= 0.3 is 24.1 Å². The van der Waals surface area contributed by atoms with Crippen molar-refractivity contribution >= 4 is 28.3 Å². The molecule has 0 spiro atoms. The van der Waals surface area contributed by atoms with E-state index >= 15 is 0 Å². The van der Waals surface area contributed by atoms with Crippen LogP contribution in [-0.2, 0) is 10.5 Å². The summed E-state index contributed by atoms with van der Waals surface area (Å²) in [7, 11) is -0.365. The molecule has 2 heterocycles. The first-order chi connectivity index (χ1) is 19.9. The lowest BCUT2D eigenvalue weighted by Crippen LogP contribution is -2.53. The number of hydrogen-bond acceptors (Lipinski definition) is 2. The highest BCUT2D eigenvalue weighted by atomic mass is 32.2. The number of alkyl halides is 7. The Hall–Kier alpha value is -3.16. The molecule has 2 unspecified atom stereocenters. The number of likely N-dealkylation sites (tertiary alicyclic amines) is 1. The number of nitrogens with zero attached hydrogens (tertiary/aromatic N) is 3. The van der Waals surface area contributed by atoms with Gasteiger partial charge in [0.25, 0.3) is 0 Å². The van der Waals surface area contributed by atoms with Crippen LogP contribution in [0.1, 0.15) is 32.8 Å². The Kier molecular flexibility index (Phi) is 14.1. The second kappa shape index (κ2) is 16.1. The lowest BCUT2D eigenvalue weighted by Gasteiger charge is -2.36. The van der Waals surface area contributed by atoms with Gasteiger partial charge in [-0.3, -0.25) is 4.79 Å². The largest absolute Gasteiger partial charge is 0.435 e. The topological polar surface area (TPSA) is 43.9 Å². The van der Waals surface area contributed by atoms with Gasteiger partial charge in [-0.05, 0) is 23.5 Å². The molecule has 2 atom stereocenters. The van der Waals surface area contributed by atoms with Gasteiger partial charge < -0.3 is 14.7 Å². The lowest BCUT2D eigenvalue weighted by atomic mass is 9.94. The van der Waals surface area contributed by atoms with Gasteiger partial charge in [-0.1, -0.05) is 63.2 Å². The average Bonchev–Trinajstić information content (AvgIpc) is 3.45. The molecule has 0 aliphatic carbocycles. The maximum atomic E-state index is 13.3. The zero-order valence-electron chi connectivity index (χ0n) is 24.3. The summed E-state index contributed by atoms with van der Waals surface area (Å²) in [5, 5.41) is 0.243. The Labute approximate surface area is 249 Å². The number of carbonyl (C=O) groups is 2. The first-order valence-corrected chi connectivity index (χ1v) is 14.8. The monoisotopic (exact) mass is 643 g/mol. The van der Waals surface area contributed by atoms with Crippen LogP contribution in [0.3, 0.4) is 0 Å². The maximum Gasteiger partial charge on any atom is 0.435 e. The van der Waals surface area contributed by atoms with Crippen molar-refractivity contribution in [1.82, 2.24) is 14.7 Å². The predicted molar refractivity (Wildman–Crippen MR) is 155 cm³/mol. The van der Waals surface area contributed by atoms with E-state index in [1.54, 1.807) is 17.9 Å². The third-order valence-corrected chi connectivity index (χ3v) is 8.55. The van der Waals surface area contributed by atoms with Crippen LogP contribution in [0, 0.1) is 0 Å². The Morgan fingerprint density at radius 3 is 1.77 bits per heavy atom. The highest BCUT2D eigenvalue weighted by Gasteiger charge is 2.73. The van der Waals surface area contributed by atoms with Crippen molar-refractivity contribution in [3.63, 3.8) is 0 Å². The van der Waals surface area contributed by atoms with E-state index in [0.717, 1.165) is 23.5 Å². The molecule has 43 heavy (non-hydrogen) atoms. The van der Waals surface area contributed by atoms with Gasteiger partial charge in [0.05, 0.1) is 0 Å². The molecule has 14 heteroatoms. The van der Waals surface area contributed by atoms with Crippen LogP contribution in [0.4, 0.5) is 39.9 Å². The molecule has 2 aliphatic heterocycles. The highest BCUT2D eigenvalue weighted by molar-refractivity contribution is 8.18. The third-order valence-electron chi connectivity index (χ3n) is 6.55. The van der Waals surface area contributed by atoms with Crippen molar-refractivity contribution in [2.45, 2.75) is 50.5 Å². The van der Waals surface area contributed by atoms with Crippen LogP contribution >= 0.6 is 10.5 Å². The number of urea groups is 1. The molecule has 242 valence electrons. The highest BCUT2D eigenvalue weighted by Crippen LogP contribution is 2.53. The molecule has 5 nitrogen and oxygen atoms in total. The third kappa shape index (κ3) is 9.94. The standard InChI is InChI=1S/C18H26FN3O2S.C9H5F7.C2H6/c1-14(19)5-6-15(2)25(4)17-7-8-22(13-17)18(24)21-11-9-20(10-12-21)16(3)23;10-7(8(11,12)13,9(14,15)16)6-4-2-1-3-5-6;1-2/h5-6,17H,1-2,4,7-13H2,3H3;1-5H;1-2H3/b6-5-;;. The van der Waals surface area contributed by atoms with Gasteiger partial charge in [0.15, 0.2) is 0 Å². The van der Waals surface area contributed by atoms with Crippen molar-refractivity contribution in [1.29, 1.82) is 0 Å². The molecular formula is C29H37F8N3O2S. The van der Waals surface area contributed by atoms with Crippen molar-refractivity contribution in [3.05, 3.63) is 71.9 Å². The summed E-state index contributed by atoms with van der Waals surface area (Å²) in [4.78, 5) is 30.2. The van der Waals surface area contributed by atoms with Crippen LogP contribution < -0.4 is 0 Å². The molecular weight excluding hydrogens is 606 g/mol. The van der Waals surface area contributed by atoms with E-state index in [0.29, 0.717) is 51.4 Å². The summed E-state index contributed by atoms with van der Waals surface area (Å²) in [5.74, 6) is 3.71. The molecule has 0 bridgehead atoms. The number of halogens is 8.